The van der Waals surface area contributed by atoms with Crippen LogP contribution in [-0.4, -0.2) is 41.7 Å². The number of fused-ring (bicyclic) bond motifs is 1. The van der Waals surface area contributed by atoms with Crippen molar-refractivity contribution in [3.63, 3.8) is 0 Å². The van der Waals surface area contributed by atoms with Gasteiger partial charge in [0.15, 0.2) is 5.69 Å². The van der Waals surface area contributed by atoms with Crippen LogP contribution in [0.3, 0.4) is 0 Å². The van der Waals surface area contributed by atoms with Crippen molar-refractivity contribution in [2.75, 3.05) is 32.5 Å². The highest BCUT2D eigenvalue weighted by Crippen LogP contribution is 2.37. The number of quaternary nitrogens is 1. The molecule has 1 aromatic heterocycles. The van der Waals surface area contributed by atoms with E-state index < -0.39 is 4.92 Å². The molecule has 1 N–H and O–H groups in total. The summed E-state index contributed by atoms with van der Waals surface area (Å²) in [4.78, 5) is 11.0. The van der Waals surface area contributed by atoms with Gasteiger partial charge in [0.1, 0.15) is 11.6 Å². The number of nitro groups is 1. The van der Waals surface area contributed by atoms with E-state index >= 15 is 0 Å². The normalized spacial score (nSPS) is 11.7. The Bertz CT molecular complexity index is 1040. The van der Waals surface area contributed by atoms with Crippen molar-refractivity contribution in [3.05, 3.63) is 61.8 Å². The molecule has 0 aliphatic heterocycles. The molecular weight excluding hydrogens is 466 g/mol. The van der Waals surface area contributed by atoms with Gasteiger partial charge in [-0.05, 0) is 10.5 Å². The average molecular weight is 486 g/mol. The van der Waals surface area contributed by atoms with Crippen molar-refractivity contribution in [3.8, 4) is 0 Å². The summed E-state index contributed by atoms with van der Waals surface area (Å²) in [6, 6.07) is 9.58. The van der Waals surface area contributed by atoms with E-state index in [1.807, 2.05) is 0 Å². The molecule has 2 aromatic carbocycles. The minimum atomic E-state index is -0.622. The summed E-state index contributed by atoms with van der Waals surface area (Å²) in [5, 5.41) is 30.7. The van der Waals surface area contributed by atoms with E-state index in [4.69, 9.17) is 11.6 Å². The Kier molecular flexibility index (Phi) is 6.25. The summed E-state index contributed by atoms with van der Waals surface area (Å²) in [5.74, 6) is 0. The fraction of sp³-hybridized carbons (Fsp3) is 0.333. The van der Waals surface area contributed by atoms with Crippen LogP contribution in [0.4, 0.5) is 11.4 Å². The number of likely N-dealkylation sites (N-methyl/N-ethyl adjacent to an activating group) is 1. The van der Waals surface area contributed by atoms with Gasteiger partial charge in [0, 0.05) is 22.1 Å². The van der Waals surface area contributed by atoms with Gasteiger partial charge in [0.25, 0.3) is 11.0 Å². The lowest BCUT2D eigenvalue weighted by Gasteiger charge is -2.30. The van der Waals surface area contributed by atoms with Crippen LogP contribution < -0.4 is 10.2 Å². The first-order valence-electron chi connectivity index (χ1n) is 8.78. The third-order valence-electron chi connectivity index (χ3n) is 4.59. The monoisotopic (exact) mass is 484 g/mol. The summed E-state index contributed by atoms with van der Waals surface area (Å²) in [6.07, 6.45) is 0. The highest BCUT2D eigenvalue weighted by Gasteiger charge is 2.29. The Hall–Kier alpha value is -2.43. The van der Waals surface area contributed by atoms with E-state index in [1.165, 1.54) is 17.2 Å². The van der Waals surface area contributed by atoms with Gasteiger partial charge in [-0.3, -0.25) is 14.7 Å². The molecule has 0 aliphatic rings. The minimum Gasteiger partial charge on any atom is -0.370 e. The van der Waals surface area contributed by atoms with Crippen LogP contribution in [0.25, 0.3) is 11.0 Å². The first-order valence-corrected chi connectivity index (χ1v) is 10.3. The van der Waals surface area contributed by atoms with Gasteiger partial charge in [0.05, 0.1) is 32.1 Å². The van der Waals surface area contributed by atoms with Crippen LogP contribution in [0.15, 0.2) is 35.0 Å². The summed E-state index contributed by atoms with van der Waals surface area (Å²) in [6.45, 7) is 1.82. The maximum absolute atomic E-state index is 11.9. The number of alkyl halides is 1. The number of nitrogens with zero attached hydrogens (tertiary/aromatic N) is 4. The zero-order valence-corrected chi connectivity index (χ0v) is 18.2. The Morgan fingerprint density at radius 3 is 2.59 bits per heavy atom. The molecule has 0 bridgehead atoms. The topological polar surface area (TPSA) is 108 Å². The molecule has 0 amide bonds. The predicted octanol–water partition coefficient (Wildman–Crippen LogP) is 3.61. The fourth-order valence-corrected chi connectivity index (χ4v) is 3.77. The zero-order chi connectivity index (χ0) is 21.2. The molecule has 0 saturated heterocycles. The van der Waals surface area contributed by atoms with Gasteiger partial charge in [-0.1, -0.05) is 51.8 Å². The smallest absolute Gasteiger partial charge is 0.315 e. The fourth-order valence-electron chi connectivity index (χ4n) is 3.13. The van der Waals surface area contributed by atoms with Gasteiger partial charge in [-0.2, -0.15) is 0 Å². The number of hydrogen-bond donors (Lipinski definition) is 1. The van der Waals surface area contributed by atoms with Crippen LogP contribution in [0.5, 0.6) is 0 Å². The molecule has 29 heavy (non-hydrogen) atoms. The summed E-state index contributed by atoms with van der Waals surface area (Å²) in [7, 11) is 4.13. The van der Waals surface area contributed by atoms with Crippen LogP contribution in [0, 0.1) is 15.3 Å². The average Bonchev–Trinajstić information content (AvgIpc) is 3.01. The standard InChI is InChI=1S/C18H20BrClN5O4/c1-25(2,11-13-5-3-12(10-19)4-6-13)8-7-21-16-17(23(26)27)14(20)9-15-18(16)24(28)29-22-15/h3-6,9,21H,7-8,10-11H2,1-2H3/q+1. The Morgan fingerprint density at radius 2 is 1.97 bits per heavy atom. The second-order valence-corrected chi connectivity index (χ2v) is 8.30. The molecule has 154 valence electrons. The number of hydrogen-bond acceptors (Lipinski definition) is 6. The molecule has 0 saturated carbocycles. The van der Waals surface area contributed by atoms with E-state index in [0.717, 1.165) is 11.9 Å². The second-order valence-electron chi connectivity index (χ2n) is 7.33. The summed E-state index contributed by atoms with van der Waals surface area (Å²) in [5.41, 5.74) is 2.14. The van der Waals surface area contributed by atoms with Crippen LogP contribution in [0.1, 0.15) is 11.1 Å². The van der Waals surface area contributed by atoms with Crippen molar-refractivity contribution < 1.29 is 18.9 Å². The van der Waals surface area contributed by atoms with E-state index in [0.29, 0.717) is 17.6 Å². The van der Waals surface area contributed by atoms with Crippen LogP contribution in [0.2, 0.25) is 5.02 Å². The van der Waals surface area contributed by atoms with Crippen molar-refractivity contribution in [1.82, 2.24) is 5.16 Å². The molecule has 1 heterocycles. The van der Waals surface area contributed by atoms with Crippen LogP contribution in [-0.2, 0) is 11.9 Å². The Morgan fingerprint density at radius 1 is 1.31 bits per heavy atom. The molecule has 0 fully saturated rings. The van der Waals surface area contributed by atoms with E-state index in [1.54, 1.807) is 0 Å². The quantitative estimate of drug-likeness (QED) is 0.172. The maximum Gasteiger partial charge on any atom is 0.315 e. The molecule has 3 rings (SSSR count). The van der Waals surface area contributed by atoms with Gasteiger partial charge < -0.3 is 15.0 Å². The van der Waals surface area contributed by atoms with Crippen molar-refractivity contribution >= 4 is 49.9 Å². The van der Waals surface area contributed by atoms with E-state index in [-0.39, 0.29) is 32.3 Å². The molecule has 11 heteroatoms. The number of anilines is 1. The molecule has 0 unspecified atom stereocenters. The van der Waals surface area contributed by atoms with Gasteiger partial charge >= 0.3 is 5.69 Å². The van der Waals surface area contributed by atoms with Gasteiger partial charge in [-0.15, -0.1) is 0 Å². The highest BCUT2D eigenvalue weighted by atomic mass is 79.9. The number of benzene rings is 2. The van der Waals surface area contributed by atoms with Crippen molar-refractivity contribution in [1.29, 1.82) is 0 Å². The van der Waals surface area contributed by atoms with Crippen molar-refractivity contribution in [2.24, 2.45) is 0 Å². The minimum absolute atomic E-state index is 0.00965. The molecular formula is C18H20BrClN5O4+. The summed E-state index contributed by atoms with van der Waals surface area (Å²) >= 11 is 9.47. The summed E-state index contributed by atoms with van der Waals surface area (Å²) < 4.78 is 5.21. The SMILES string of the molecule is C[N+](C)(CCNc1c([N+](=O)[O-])c(Cl)cc2no[n+]([O-])c12)Cc1ccc(CBr)cc1. The largest absolute Gasteiger partial charge is 0.370 e. The first kappa shape index (κ1) is 21.3. The lowest BCUT2D eigenvalue weighted by Crippen LogP contribution is -2.42. The Balaban J connectivity index is 1.76. The van der Waals surface area contributed by atoms with E-state index in [2.05, 4.69) is 69.4 Å². The lowest BCUT2D eigenvalue weighted by molar-refractivity contribution is -0.902. The number of rotatable bonds is 8. The van der Waals surface area contributed by atoms with Crippen LogP contribution >= 0.6 is 27.5 Å². The predicted molar refractivity (Wildman–Crippen MR) is 113 cm³/mol. The molecule has 0 spiro atoms. The highest BCUT2D eigenvalue weighted by molar-refractivity contribution is 9.08. The molecule has 0 radical (unpaired) electrons. The maximum atomic E-state index is 11.9. The zero-order valence-electron chi connectivity index (χ0n) is 15.9. The molecule has 3 aromatic rings. The van der Waals surface area contributed by atoms with Gasteiger partial charge in [-0.25, -0.2) is 0 Å². The number of aromatic nitrogens is 2. The molecule has 9 nitrogen and oxygen atoms in total. The van der Waals surface area contributed by atoms with Gasteiger partial charge in [0.2, 0.25) is 0 Å². The number of nitro benzene ring substituents is 1. The third kappa shape index (κ3) is 4.77. The molecule has 0 aliphatic carbocycles. The third-order valence-corrected chi connectivity index (χ3v) is 5.53. The second kappa shape index (κ2) is 8.52. The molecule has 0 atom stereocenters. The van der Waals surface area contributed by atoms with Crippen molar-refractivity contribution in [2.45, 2.75) is 11.9 Å². The lowest BCUT2D eigenvalue weighted by atomic mass is 10.1. The van der Waals surface area contributed by atoms with E-state index in [9.17, 15) is 15.3 Å². The first-order chi connectivity index (χ1) is 13.7. The number of nitrogens with one attached hydrogen (secondary N) is 1. The number of halogens is 2. The Labute approximate surface area is 180 Å².